The molecule has 0 unspecified atom stereocenters. The highest BCUT2D eigenvalue weighted by Gasteiger charge is 2.23. The lowest BCUT2D eigenvalue weighted by Crippen LogP contribution is -2.07. The van der Waals surface area contributed by atoms with Gasteiger partial charge in [0.2, 0.25) is 0 Å². The number of aromatic nitrogens is 1. The minimum Gasteiger partial charge on any atom is -0.477 e. The first kappa shape index (κ1) is 14.9. The van der Waals surface area contributed by atoms with E-state index in [-0.39, 0.29) is 12.2 Å². The van der Waals surface area contributed by atoms with Crippen molar-refractivity contribution in [3.05, 3.63) is 49.7 Å². The van der Waals surface area contributed by atoms with Crippen molar-refractivity contribution in [3.63, 3.8) is 0 Å². The van der Waals surface area contributed by atoms with Gasteiger partial charge in [-0.3, -0.25) is 10.1 Å². The molecule has 7 nitrogen and oxygen atoms in total. The van der Waals surface area contributed by atoms with E-state index in [1.165, 1.54) is 11.3 Å². The van der Waals surface area contributed by atoms with Crippen LogP contribution in [0.2, 0.25) is 0 Å². The van der Waals surface area contributed by atoms with E-state index in [9.17, 15) is 19.3 Å². The molecule has 110 valence electrons. The number of nitrogens with zero attached hydrogens (tertiary/aromatic N) is 2. The Kier molecular flexibility index (Phi) is 4.13. The van der Waals surface area contributed by atoms with E-state index >= 15 is 0 Å². The Morgan fingerprint density at radius 3 is 2.81 bits per heavy atom. The van der Waals surface area contributed by atoms with Crippen LogP contribution in [0.4, 0.5) is 15.8 Å². The minimum atomic E-state index is -1.49. The van der Waals surface area contributed by atoms with Crippen LogP contribution < -0.4 is 5.32 Å². The number of carboxylic acids is 1. The molecular formula is C12H10FN3O4S. The van der Waals surface area contributed by atoms with Gasteiger partial charge in [0.05, 0.1) is 28.2 Å². The van der Waals surface area contributed by atoms with Gasteiger partial charge in [-0.1, -0.05) is 0 Å². The summed E-state index contributed by atoms with van der Waals surface area (Å²) >= 11 is 1.41. The maximum atomic E-state index is 13.8. The number of halogens is 1. The topological polar surface area (TPSA) is 105 Å². The lowest BCUT2D eigenvalue weighted by Gasteiger charge is -2.07. The molecule has 1 heterocycles. The van der Waals surface area contributed by atoms with Gasteiger partial charge in [-0.25, -0.2) is 14.2 Å². The van der Waals surface area contributed by atoms with Crippen molar-refractivity contribution in [1.82, 2.24) is 4.98 Å². The van der Waals surface area contributed by atoms with Gasteiger partial charge in [-0.15, -0.1) is 11.3 Å². The summed E-state index contributed by atoms with van der Waals surface area (Å²) in [5, 5.41) is 23.2. The molecule has 0 aliphatic rings. The van der Waals surface area contributed by atoms with Gasteiger partial charge in [-0.05, 0) is 13.0 Å². The fraction of sp³-hybridized carbons (Fsp3) is 0.167. The lowest BCUT2D eigenvalue weighted by molar-refractivity contribution is -0.385. The standard InChI is InChI=1S/C12H10FN3O4S/c1-6-14-4-7(21-6)5-15-10-2-8(12(17)18)11(16(19)20)3-9(10)13/h2-4,15H,5H2,1H3,(H,17,18). The van der Waals surface area contributed by atoms with Gasteiger partial charge < -0.3 is 10.4 Å². The number of rotatable bonds is 5. The second-order valence-electron chi connectivity index (χ2n) is 4.11. The van der Waals surface area contributed by atoms with Crippen molar-refractivity contribution in [2.45, 2.75) is 13.5 Å². The molecule has 9 heteroatoms. The Labute approximate surface area is 122 Å². The Hall–Kier alpha value is -2.55. The zero-order chi connectivity index (χ0) is 15.6. The third-order valence-corrected chi connectivity index (χ3v) is 3.55. The number of aromatic carboxylic acids is 1. The normalized spacial score (nSPS) is 10.4. The smallest absolute Gasteiger partial charge is 0.342 e. The number of carbonyl (C=O) groups is 1. The van der Waals surface area contributed by atoms with Gasteiger partial charge in [0.1, 0.15) is 5.56 Å². The SMILES string of the molecule is Cc1ncc(CNc2cc(C(=O)O)c([N+](=O)[O-])cc2F)s1. The molecule has 0 saturated carbocycles. The summed E-state index contributed by atoms with van der Waals surface area (Å²) in [5.41, 5.74) is -1.45. The molecular weight excluding hydrogens is 301 g/mol. The van der Waals surface area contributed by atoms with E-state index in [0.717, 1.165) is 16.0 Å². The molecule has 0 fully saturated rings. The molecule has 0 atom stereocenters. The average molecular weight is 311 g/mol. The van der Waals surface area contributed by atoms with Crippen molar-refractivity contribution >= 4 is 28.7 Å². The van der Waals surface area contributed by atoms with Crippen LogP contribution >= 0.6 is 11.3 Å². The summed E-state index contributed by atoms with van der Waals surface area (Å²) in [5.74, 6) is -2.37. The first-order valence-corrected chi connectivity index (χ1v) is 6.56. The van der Waals surface area contributed by atoms with Gasteiger partial charge in [0.15, 0.2) is 5.82 Å². The summed E-state index contributed by atoms with van der Waals surface area (Å²) in [6, 6.07) is 1.52. The maximum Gasteiger partial charge on any atom is 0.342 e. The van der Waals surface area contributed by atoms with Crippen LogP contribution in [0.25, 0.3) is 0 Å². The van der Waals surface area contributed by atoms with Crippen molar-refractivity contribution in [2.24, 2.45) is 0 Å². The number of benzene rings is 1. The highest BCUT2D eigenvalue weighted by Crippen LogP contribution is 2.27. The highest BCUT2D eigenvalue weighted by atomic mass is 32.1. The second-order valence-corrected chi connectivity index (χ2v) is 5.43. The minimum absolute atomic E-state index is 0.107. The van der Waals surface area contributed by atoms with Crippen molar-refractivity contribution in [2.75, 3.05) is 5.32 Å². The van der Waals surface area contributed by atoms with Crippen LogP contribution in [0.3, 0.4) is 0 Å². The molecule has 0 spiro atoms. The Balaban J connectivity index is 2.29. The van der Waals surface area contributed by atoms with Crippen LogP contribution in [0.1, 0.15) is 20.2 Å². The van der Waals surface area contributed by atoms with Crippen LogP contribution in [0.15, 0.2) is 18.3 Å². The number of carboxylic acid groups (broad SMARTS) is 1. The summed E-state index contributed by atoms with van der Waals surface area (Å²) in [4.78, 5) is 25.7. The predicted molar refractivity (Wildman–Crippen MR) is 74.2 cm³/mol. The first-order valence-electron chi connectivity index (χ1n) is 5.75. The molecule has 1 aromatic heterocycles. The van der Waals surface area contributed by atoms with E-state index in [1.54, 1.807) is 6.20 Å². The zero-order valence-corrected chi connectivity index (χ0v) is 11.6. The summed E-state index contributed by atoms with van der Waals surface area (Å²) in [6.45, 7) is 2.07. The molecule has 1 aromatic carbocycles. The number of anilines is 1. The van der Waals surface area contributed by atoms with Gasteiger partial charge in [0, 0.05) is 11.1 Å². The number of nitrogens with one attached hydrogen (secondary N) is 1. The number of nitro groups is 1. The van der Waals surface area contributed by atoms with Gasteiger partial charge in [-0.2, -0.15) is 0 Å². The predicted octanol–water partition coefficient (Wildman–Crippen LogP) is 2.81. The van der Waals surface area contributed by atoms with Crippen molar-refractivity contribution < 1.29 is 19.2 Å². The van der Waals surface area contributed by atoms with E-state index in [2.05, 4.69) is 10.3 Å². The molecule has 21 heavy (non-hydrogen) atoms. The largest absolute Gasteiger partial charge is 0.477 e. The van der Waals surface area contributed by atoms with Crippen molar-refractivity contribution in [3.8, 4) is 0 Å². The number of thiazole rings is 1. The Bertz CT molecular complexity index is 717. The van der Waals surface area contributed by atoms with E-state index < -0.39 is 28.0 Å². The van der Waals surface area contributed by atoms with E-state index in [0.29, 0.717) is 6.07 Å². The second kappa shape index (κ2) is 5.83. The fourth-order valence-electron chi connectivity index (χ4n) is 1.69. The fourth-order valence-corrected chi connectivity index (χ4v) is 2.42. The number of hydrogen-bond donors (Lipinski definition) is 2. The van der Waals surface area contributed by atoms with Crippen molar-refractivity contribution in [1.29, 1.82) is 0 Å². The summed E-state index contributed by atoms with van der Waals surface area (Å²) in [7, 11) is 0. The number of hydrogen-bond acceptors (Lipinski definition) is 6. The molecule has 0 radical (unpaired) electrons. The Morgan fingerprint density at radius 1 is 1.57 bits per heavy atom. The molecule has 0 aliphatic heterocycles. The molecule has 2 aromatic rings. The monoisotopic (exact) mass is 311 g/mol. The number of nitro benzene ring substituents is 1. The van der Waals surface area contributed by atoms with E-state index in [4.69, 9.17) is 5.11 Å². The third kappa shape index (κ3) is 3.31. The van der Waals surface area contributed by atoms with Crippen LogP contribution in [0.5, 0.6) is 0 Å². The first-order chi connectivity index (χ1) is 9.88. The van der Waals surface area contributed by atoms with Gasteiger partial charge >= 0.3 is 5.97 Å². The molecule has 0 saturated heterocycles. The van der Waals surface area contributed by atoms with E-state index in [1.807, 2.05) is 6.92 Å². The highest BCUT2D eigenvalue weighted by molar-refractivity contribution is 7.11. The van der Waals surface area contributed by atoms with Crippen LogP contribution in [-0.2, 0) is 6.54 Å². The van der Waals surface area contributed by atoms with Crippen LogP contribution in [-0.4, -0.2) is 21.0 Å². The molecule has 2 N–H and O–H groups in total. The number of aryl methyl sites for hydroxylation is 1. The van der Waals surface area contributed by atoms with Gasteiger partial charge in [0.25, 0.3) is 5.69 Å². The summed E-state index contributed by atoms with van der Waals surface area (Å²) in [6.07, 6.45) is 1.62. The maximum absolute atomic E-state index is 13.8. The summed E-state index contributed by atoms with van der Waals surface area (Å²) < 4.78 is 13.8. The zero-order valence-electron chi connectivity index (χ0n) is 10.8. The molecule has 0 bridgehead atoms. The quantitative estimate of drug-likeness (QED) is 0.649. The molecule has 0 amide bonds. The molecule has 0 aliphatic carbocycles. The molecule has 2 rings (SSSR count). The third-order valence-electron chi connectivity index (χ3n) is 2.63. The average Bonchev–Trinajstić information content (AvgIpc) is 2.82. The van der Waals surface area contributed by atoms with Crippen LogP contribution in [0, 0.1) is 22.9 Å². The lowest BCUT2D eigenvalue weighted by atomic mass is 10.1. The Morgan fingerprint density at radius 2 is 2.29 bits per heavy atom.